The molecule has 0 spiro atoms. The van der Waals surface area contributed by atoms with Gasteiger partial charge in [-0.25, -0.2) is 13.6 Å². The van der Waals surface area contributed by atoms with Crippen molar-refractivity contribution in [3.05, 3.63) is 53.1 Å². The Balaban J connectivity index is 2.21. The zero-order valence-corrected chi connectivity index (χ0v) is 13.2. The van der Waals surface area contributed by atoms with E-state index in [4.69, 9.17) is 5.14 Å². The van der Waals surface area contributed by atoms with Crippen LogP contribution >= 0.6 is 0 Å². The lowest BCUT2D eigenvalue weighted by Gasteiger charge is -2.21. The fourth-order valence-corrected chi connectivity index (χ4v) is 3.87. The zero-order chi connectivity index (χ0) is 16.6. The summed E-state index contributed by atoms with van der Waals surface area (Å²) in [5, 5.41) is 28.2. The van der Waals surface area contributed by atoms with Gasteiger partial charge in [0.25, 0.3) is 0 Å². The molecule has 6 nitrogen and oxygen atoms in total. The van der Waals surface area contributed by atoms with Gasteiger partial charge < -0.3 is 15.5 Å². The maximum atomic E-state index is 11.9. The topological polar surface area (TPSA) is 113 Å². The van der Waals surface area contributed by atoms with Crippen molar-refractivity contribution in [1.82, 2.24) is 5.32 Å². The molecule has 0 bridgehead atoms. The van der Waals surface area contributed by atoms with E-state index in [9.17, 15) is 18.6 Å². The van der Waals surface area contributed by atoms with Gasteiger partial charge in [0.15, 0.2) is 11.5 Å². The number of phenols is 2. The molecule has 1 aliphatic rings. The molecule has 0 aromatic heterocycles. The predicted octanol–water partition coefficient (Wildman–Crippen LogP) is 1.02. The van der Waals surface area contributed by atoms with Crippen molar-refractivity contribution in [2.24, 2.45) is 5.14 Å². The van der Waals surface area contributed by atoms with Crippen LogP contribution in [-0.2, 0) is 16.4 Å². The maximum absolute atomic E-state index is 11.9. The Bertz CT molecular complexity index is 849. The van der Waals surface area contributed by atoms with Crippen molar-refractivity contribution in [3.8, 4) is 11.5 Å². The molecule has 1 atom stereocenters. The number of hydrogen-bond donors (Lipinski definition) is 4. The molecule has 0 saturated carbocycles. The van der Waals surface area contributed by atoms with E-state index in [1.165, 1.54) is 18.2 Å². The summed E-state index contributed by atoms with van der Waals surface area (Å²) in [6.45, 7) is 1.22. The van der Waals surface area contributed by atoms with Gasteiger partial charge in [0, 0.05) is 12.5 Å². The highest BCUT2D eigenvalue weighted by atomic mass is 32.2. The second-order valence-corrected chi connectivity index (χ2v) is 7.16. The van der Waals surface area contributed by atoms with E-state index in [1.54, 1.807) is 18.2 Å². The number of nitrogens with two attached hydrogens (primary N) is 1. The van der Waals surface area contributed by atoms with Crippen LogP contribution in [0.3, 0.4) is 0 Å². The Labute approximate surface area is 134 Å². The standard InChI is InChI=1S/C16H18N2O4S/c17-23(21,22)16-4-2-1-3-11(16)13-9-18-6-5-10-7-14(19)15(20)8-12(10)13/h1-4,7-8,13,18-20H,5-6,9H2,(H2,17,21,22). The number of aromatic hydroxyl groups is 2. The van der Waals surface area contributed by atoms with Crippen LogP contribution in [-0.4, -0.2) is 31.7 Å². The van der Waals surface area contributed by atoms with Crippen LogP contribution in [0.1, 0.15) is 22.6 Å². The van der Waals surface area contributed by atoms with Crippen molar-refractivity contribution in [3.63, 3.8) is 0 Å². The number of benzene rings is 2. The van der Waals surface area contributed by atoms with E-state index in [0.717, 1.165) is 11.1 Å². The number of rotatable bonds is 2. The first kappa shape index (κ1) is 15.8. The second kappa shape index (κ2) is 5.84. The number of primary sulfonamides is 1. The smallest absolute Gasteiger partial charge is 0.238 e. The highest BCUT2D eigenvalue weighted by Crippen LogP contribution is 2.37. The number of sulfonamides is 1. The molecular formula is C16H18N2O4S. The van der Waals surface area contributed by atoms with Crippen LogP contribution in [0, 0.1) is 0 Å². The van der Waals surface area contributed by atoms with Gasteiger partial charge in [-0.05, 0) is 47.9 Å². The third-order valence-electron chi connectivity index (χ3n) is 4.13. The van der Waals surface area contributed by atoms with E-state index in [-0.39, 0.29) is 22.3 Å². The summed E-state index contributed by atoms with van der Waals surface area (Å²) in [5.74, 6) is -0.679. The van der Waals surface area contributed by atoms with Crippen molar-refractivity contribution in [2.45, 2.75) is 17.2 Å². The molecule has 122 valence electrons. The summed E-state index contributed by atoms with van der Waals surface area (Å²) in [4.78, 5) is 0.0761. The van der Waals surface area contributed by atoms with Crippen LogP contribution in [0.2, 0.25) is 0 Å². The molecule has 0 saturated heterocycles. The van der Waals surface area contributed by atoms with E-state index in [0.29, 0.717) is 25.1 Å². The first-order valence-electron chi connectivity index (χ1n) is 7.25. The summed E-state index contributed by atoms with van der Waals surface area (Å²) in [5.41, 5.74) is 2.25. The first-order valence-corrected chi connectivity index (χ1v) is 8.80. The molecule has 2 aromatic carbocycles. The molecule has 0 aliphatic carbocycles. The fourth-order valence-electron chi connectivity index (χ4n) is 3.06. The van der Waals surface area contributed by atoms with Gasteiger partial charge in [-0.15, -0.1) is 0 Å². The molecule has 0 amide bonds. The van der Waals surface area contributed by atoms with Crippen LogP contribution in [0.4, 0.5) is 0 Å². The number of hydrogen-bond acceptors (Lipinski definition) is 5. The van der Waals surface area contributed by atoms with Crippen LogP contribution in [0.5, 0.6) is 11.5 Å². The average molecular weight is 334 g/mol. The Hall–Kier alpha value is -2.09. The predicted molar refractivity (Wildman–Crippen MR) is 86.0 cm³/mol. The third kappa shape index (κ3) is 3.03. The number of nitrogens with one attached hydrogen (secondary N) is 1. The third-order valence-corrected chi connectivity index (χ3v) is 5.12. The molecule has 3 rings (SSSR count). The summed E-state index contributed by atoms with van der Waals surface area (Å²) in [7, 11) is -3.86. The fraction of sp³-hybridized carbons (Fsp3) is 0.250. The minimum Gasteiger partial charge on any atom is -0.504 e. The number of phenolic OH excluding ortho intramolecular Hbond substituents is 2. The second-order valence-electron chi connectivity index (χ2n) is 5.63. The summed E-state index contributed by atoms with van der Waals surface area (Å²) < 4.78 is 23.8. The molecule has 1 heterocycles. The minimum atomic E-state index is -3.86. The summed E-state index contributed by atoms with van der Waals surface area (Å²) in [6, 6.07) is 9.63. The summed E-state index contributed by atoms with van der Waals surface area (Å²) >= 11 is 0. The average Bonchev–Trinajstić information content (AvgIpc) is 2.69. The Morgan fingerprint density at radius 2 is 1.78 bits per heavy atom. The molecule has 23 heavy (non-hydrogen) atoms. The van der Waals surface area contributed by atoms with E-state index in [1.807, 2.05) is 0 Å². The van der Waals surface area contributed by atoms with Gasteiger partial charge in [0.1, 0.15) is 0 Å². The maximum Gasteiger partial charge on any atom is 0.238 e. The van der Waals surface area contributed by atoms with Gasteiger partial charge in [-0.3, -0.25) is 0 Å². The molecule has 7 heteroatoms. The molecule has 0 fully saturated rings. The highest BCUT2D eigenvalue weighted by molar-refractivity contribution is 7.89. The Morgan fingerprint density at radius 3 is 2.52 bits per heavy atom. The molecule has 1 unspecified atom stereocenters. The van der Waals surface area contributed by atoms with E-state index < -0.39 is 10.0 Å². The summed E-state index contributed by atoms with van der Waals surface area (Å²) in [6.07, 6.45) is 0.678. The van der Waals surface area contributed by atoms with E-state index in [2.05, 4.69) is 5.32 Å². The van der Waals surface area contributed by atoms with Gasteiger partial charge in [-0.1, -0.05) is 18.2 Å². The van der Waals surface area contributed by atoms with Gasteiger partial charge in [-0.2, -0.15) is 0 Å². The van der Waals surface area contributed by atoms with Gasteiger partial charge in [0.05, 0.1) is 4.90 Å². The van der Waals surface area contributed by atoms with Crippen molar-refractivity contribution >= 4 is 10.0 Å². The number of fused-ring (bicyclic) bond motifs is 1. The zero-order valence-electron chi connectivity index (χ0n) is 12.4. The lowest BCUT2D eigenvalue weighted by Crippen LogP contribution is -2.23. The van der Waals surface area contributed by atoms with Crippen LogP contribution in [0.25, 0.3) is 0 Å². The van der Waals surface area contributed by atoms with Crippen molar-refractivity contribution < 1.29 is 18.6 Å². The monoisotopic (exact) mass is 334 g/mol. The van der Waals surface area contributed by atoms with Crippen LogP contribution < -0.4 is 10.5 Å². The van der Waals surface area contributed by atoms with Crippen molar-refractivity contribution in [2.75, 3.05) is 13.1 Å². The van der Waals surface area contributed by atoms with Crippen molar-refractivity contribution in [1.29, 1.82) is 0 Å². The van der Waals surface area contributed by atoms with E-state index >= 15 is 0 Å². The highest BCUT2D eigenvalue weighted by Gasteiger charge is 2.26. The largest absolute Gasteiger partial charge is 0.504 e. The van der Waals surface area contributed by atoms with Gasteiger partial charge in [0.2, 0.25) is 10.0 Å². The Morgan fingerprint density at radius 1 is 1.09 bits per heavy atom. The molecule has 0 radical (unpaired) electrons. The Kier molecular flexibility index (Phi) is 4.01. The molecular weight excluding hydrogens is 316 g/mol. The quantitative estimate of drug-likeness (QED) is 0.613. The molecule has 1 aliphatic heterocycles. The molecule has 2 aromatic rings. The van der Waals surface area contributed by atoms with Gasteiger partial charge >= 0.3 is 0 Å². The van der Waals surface area contributed by atoms with Crippen LogP contribution in [0.15, 0.2) is 41.3 Å². The minimum absolute atomic E-state index is 0.0761. The molecule has 5 N–H and O–H groups in total. The SMILES string of the molecule is NS(=O)(=O)c1ccccc1C1CNCCc2cc(O)c(O)cc21. The normalized spacial score (nSPS) is 18.2. The first-order chi connectivity index (χ1) is 10.9. The lowest BCUT2D eigenvalue weighted by atomic mass is 9.87. The lowest BCUT2D eigenvalue weighted by molar-refractivity contribution is 0.402.